The predicted octanol–water partition coefficient (Wildman–Crippen LogP) is 4.19. The first-order valence-corrected chi connectivity index (χ1v) is 11.4. The number of hydrogen-bond donors (Lipinski definition) is 2. The Morgan fingerprint density at radius 2 is 1.89 bits per heavy atom. The number of halogens is 4. The fraction of sp³-hybridized carbons (Fsp3) is 0.280. The molecule has 4 aromatic rings. The lowest BCUT2D eigenvalue weighted by molar-refractivity contribution is -0.0939. The molecule has 0 unspecified atom stereocenters. The number of pyridine rings is 1. The minimum atomic E-state index is -3.06. The van der Waals surface area contributed by atoms with Crippen molar-refractivity contribution in [2.24, 2.45) is 0 Å². The topological polar surface area (TPSA) is 102 Å². The fourth-order valence-electron chi connectivity index (χ4n) is 5.10. The Bertz CT molecular complexity index is 1540. The summed E-state index contributed by atoms with van der Waals surface area (Å²) in [6.07, 6.45) is 1.75. The van der Waals surface area contributed by atoms with E-state index < -0.39 is 36.4 Å². The van der Waals surface area contributed by atoms with Crippen LogP contribution in [0.3, 0.4) is 0 Å². The Labute approximate surface area is 206 Å². The Morgan fingerprint density at radius 1 is 1.14 bits per heavy atom. The average Bonchev–Trinajstić information content (AvgIpc) is 3.35. The molecule has 4 heterocycles. The summed E-state index contributed by atoms with van der Waals surface area (Å²) in [7, 11) is 0. The summed E-state index contributed by atoms with van der Waals surface area (Å²) in [6.45, 7) is -2.11. The molecule has 2 aliphatic rings. The first-order valence-electron chi connectivity index (χ1n) is 11.4. The number of carbonyl (C=O) groups excluding carboxylic acids is 1. The molecule has 1 amide bonds. The lowest BCUT2D eigenvalue weighted by Gasteiger charge is -2.20. The molecule has 12 heteroatoms. The second kappa shape index (κ2) is 8.23. The van der Waals surface area contributed by atoms with Crippen LogP contribution in [0, 0.1) is 0 Å². The zero-order chi connectivity index (χ0) is 26.1. The predicted molar refractivity (Wildman–Crippen MR) is 122 cm³/mol. The van der Waals surface area contributed by atoms with Gasteiger partial charge in [-0.2, -0.15) is 13.9 Å². The van der Waals surface area contributed by atoms with E-state index in [1.54, 1.807) is 22.8 Å². The molecule has 2 N–H and O–H groups in total. The van der Waals surface area contributed by atoms with E-state index in [-0.39, 0.29) is 17.2 Å². The molecule has 3 atom stereocenters. The maximum Gasteiger partial charge on any atom is 0.387 e. The molecule has 190 valence electrons. The number of hydrogen-bond acceptors (Lipinski definition) is 6. The van der Waals surface area contributed by atoms with Crippen molar-refractivity contribution in [1.82, 2.24) is 24.9 Å². The van der Waals surface area contributed by atoms with Gasteiger partial charge in [-0.05, 0) is 43.2 Å². The number of aromatic nitrogens is 4. The van der Waals surface area contributed by atoms with Crippen LogP contribution in [-0.2, 0) is 5.60 Å². The van der Waals surface area contributed by atoms with E-state index in [2.05, 4.69) is 20.4 Å². The maximum absolute atomic E-state index is 13.2. The highest BCUT2D eigenvalue weighted by molar-refractivity contribution is 5.98. The number of aliphatic hydroxyl groups is 1. The van der Waals surface area contributed by atoms with Crippen LogP contribution in [0.5, 0.6) is 5.75 Å². The Balaban J connectivity index is 1.47. The summed E-state index contributed by atoms with van der Waals surface area (Å²) in [5.41, 5.74) is 1.41. The van der Waals surface area contributed by atoms with Gasteiger partial charge in [0.05, 0.1) is 17.3 Å². The van der Waals surface area contributed by atoms with Gasteiger partial charge in [0.25, 0.3) is 12.3 Å². The normalized spacial score (nSPS) is 19.9. The lowest BCUT2D eigenvalue weighted by Crippen LogP contribution is -2.32. The minimum absolute atomic E-state index is 0.0632. The number of ether oxygens (including phenoxy) is 1. The van der Waals surface area contributed by atoms with Gasteiger partial charge in [-0.1, -0.05) is 6.07 Å². The third kappa shape index (κ3) is 3.62. The first kappa shape index (κ1) is 23.3. The van der Waals surface area contributed by atoms with Crippen molar-refractivity contribution in [2.75, 3.05) is 0 Å². The van der Waals surface area contributed by atoms with Crippen molar-refractivity contribution in [1.29, 1.82) is 0 Å². The molecule has 1 aromatic carbocycles. The van der Waals surface area contributed by atoms with Crippen LogP contribution in [0.2, 0.25) is 0 Å². The molecule has 37 heavy (non-hydrogen) atoms. The molecule has 0 saturated carbocycles. The van der Waals surface area contributed by atoms with E-state index in [4.69, 9.17) is 4.74 Å². The van der Waals surface area contributed by atoms with Gasteiger partial charge in [0.2, 0.25) is 0 Å². The van der Waals surface area contributed by atoms with Crippen LogP contribution in [-0.4, -0.2) is 43.6 Å². The molecule has 0 spiro atoms. The lowest BCUT2D eigenvalue weighted by atomic mass is 9.88. The minimum Gasteiger partial charge on any atom is -0.434 e. The van der Waals surface area contributed by atoms with Crippen molar-refractivity contribution in [2.45, 2.75) is 43.9 Å². The van der Waals surface area contributed by atoms with Crippen LogP contribution in [0.1, 0.15) is 58.3 Å². The molecule has 1 aliphatic heterocycles. The highest BCUT2D eigenvalue weighted by Crippen LogP contribution is 2.51. The van der Waals surface area contributed by atoms with Crippen LogP contribution in [0.15, 0.2) is 48.9 Å². The summed E-state index contributed by atoms with van der Waals surface area (Å²) in [4.78, 5) is 20.7. The van der Waals surface area contributed by atoms with Gasteiger partial charge in [-0.3, -0.25) is 4.79 Å². The van der Waals surface area contributed by atoms with E-state index in [0.29, 0.717) is 34.3 Å². The second-order valence-corrected chi connectivity index (χ2v) is 9.20. The Morgan fingerprint density at radius 3 is 2.59 bits per heavy atom. The number of nitrogens with one attached hydrogen (secondary N) is 1. The molecule has 6 rings (SSSR count). The van der Waals surface area contributed by atoms with Gasteiger partial charge in [-0.25, -0.2) is 23.3 Å². The number of nitrogens with zero attached hydrogens (tertiary/aromatic N) is 4. The number of rotatable bonds is 5. The smallest absolute Gasteiger partial charge is 0.387 e. The van der Waals surface area contributed by atoms with Gasteiger partial charge >= 0.3 is 6.61 Å². The van der Waals surface area contributed by atoms with Crippen molar-refractivity contribution < 1.29 is 32.2 Å². The van der Waals surface area contributed by atoms with Gasteiger partial charge < -0.3 is 15.2 Å². The zero-order valence-electron chi connectivity index (χ0n) is 19.2. The average molecular weight is 513 g/mol. The van der Waals surface area contributed by atoms with Crippen LogP contribution >= 0.6 is 0 Å². The van der Waals surface area contributed by atoms with E-state index >= 15 is 0 Å². The highest BCUT2D eigenvalue weighted by Gasteiger charge is 2.43. The quantitative estimate of drug-likeness (QED) is 0.388. The third-order valence-electron chi connectivity index (χ3n) is 6.90. The summed E-state index contributed by atoms with van der Waals surface area (Å²) < 4.78 is 59.1. The zero-order valence-corrected chi connectivity index (χ0v) is 19.2. The van der Waals surface area contributed by atoms with Gasteiger partial charge in [0.1, 0.15) is 5.75 Å². The van der Waals surface area contributed by atoms with Gasteiger partial charge in [0.15, 0.2) is 11.4 Å². The summed E-state index contributed by atoms with van der Waals surface area (Å²) in [5.74, 6) is -1.29. The fourth-order valence-corrected chi connectivity index (χ4v) is 5.10. The monoisotopic (exact) mass is 513 g/mol. The second-order valence-electron chi connectivity index (χ2n) is 9.20. The molecule has 3 aromatic heterocycles. The van der Waals surface area contributed by atoms with Crippen molar-refractivity contribution in [3.63, 3.8) is 0 Å². The first-order chi connectivity index (χ1) is 17.6. The molecular weight excluding hydrogens is 494 g/mol. The number of amides is 1. The summed E-state index contributed by atoms with van der Waals surface area (Å²) in [6, 6.07) is 7.63. The standard InChI is InChI=1S/C25H19F4N5O3/c1-25(36,22(26)27)23-30-9-12(10-31-23)11-5-6-34-16(7-11)19-14-8-15(20(19)33-34)32-21(35)13-3-2-4-17(18(13)14)37-24(28)29/h2-7,9-10,14-15,22,24,36H,8H2,1H3,(H,32,35)/t14-,15-,25-/m1/s1. The van der Waals surface area contributed by atoms with Gasteiger partial charge in [-0.15, -0.1) is 0 Å². The molecule has 0 saturated heterocycles. The Hall–Kier alpha value is -4.06. The number of fused-ring (bicyclic) bond motifs is 9. The maximum atomic E-state index is 13.2. The molecule has 8 nitrogen and oxygen atoms in total. The Kier molecular flexibility index (Phi) is 5.19. The largest absolute Gasteiger partial charge is 0.434 e. The van der Waals surface area contributed by atoms with E-state index in [1.807, 2.05) is 6.07 Å². The molecule has 0 radical (unpaired) electrons. The highest BCUT2D eigenvalue weighted by atomic mass is 19.3. The number of carbonyl (C=O) groups is 1. The summed E-state index contributed by atoms with van der Waals surface area (Å²) >= 11 is 0. The van der Waals surface area contributed by atoms with Crippen LogP contribution < -0.4 is 10.1 Å². The molecule has 2 bridgehead atoms. The van der Waals surface area contributed by atoms with Crippen molar-refractivity contribution >= 4 is 11.4 Å². The third-order valence-corrected chi connectivity index (χ3v) is 6.90. The molecular formula is C25H19F4N5O3. The van der Waals surface area contributed by atoms with Crippen molar-refractivity contribution in [3.05, 3.63) is 77.1 Å². The van der Waals surface area contributed by atoms with E-state index in [1.165, 1.54) is 24.5 Å². The molecule has 1 aliphatic carbocycles. The number of benzene rings is 1. The van der Waals surface area contributed by atoms with Gasteiger partial charge in [0, 0.05) is 46.8 Å². The van der Waals surface area contributed by atoms with E-state index in [9.17, 15) is 27.5 Å². The SMILES string of the molecule is C[C@](O)(c1ncc(-c2ccn3nc4c(c3c2)[C@@H]2C[C@H]4NC(=O)c3cccc(OC(F)F)c32)cn1)C(F)F. The number of alkyl halides is 4. The molecule has 0 fully saturated rings. The van der Waals surface area contributed by atoms with E-state index in [0.717, 1.165) is 12.5 Å². The summed E-state index contributed by atoms with van der Waals surface area (Å²) in [5, 5.41) is 17.5. The van der Waals surface area contributed by atoms with Crippen LogP contribution in [0.4, 0.5) is 17.6 Å². The van der Waals surface area contributed by atoms with Crippen LogP contribution in [0.25, 0.3) is 16.6 Å². The van der Waals surface area contributed by atoms with Crippen molar-refractivity contribution in [3.8, 4) is 16.9 Å².